The fraction of sp³-hybridized carbons (Fsp3) is 0.278. The predicted molar refractivity (Wildman–Crippen MR) is 88.8 cm³/mol. The summed E-state index contributed by atoms with van der Waals surface area (Å²) in [6, 6.07) is 10.8. The molecule has 2 aromatic rings. The van der Waals surface area contributed by atoms with E-state index >= 15 is 0 Å². The van der Waals surface area contributed by atoms with Gasteiger partial charge in [-0.3, -0.25) is 14.4 Å². The van der Waals surface area contributed by atoms with E-state index in [0.717, 1.165) is 5.56 Å². The summed E-state index contributed by atoms with van der Waals surface area (Å²) in [6.45, 7) is 3.88. The smallest absolute Gasteiger partial charge is 0.263 e. The molecule has 5 nitrogen and oxygen atoms in total. The van der Waals surface area contributed by atoms with Gasteiger partial charge in [-0.05, 0) is 11.6 Å². The number of rotatable bonds is 5. The largest absolute Gasteiger partial charge is 0.355 e. The van der Waals surface area contributed by atoms with E-state index in [1.165, 1.54) is 23.9 Å². The summed E-state index contributed by atoms with van der Waals surface area (Å²) in [6.07, 6.45) is 1.53. The van der Waals surface area contributed by atoms with Gasteiger partial charge < -0.3 is 9.88 Å². The number of nitrogens with zero attached hydrogens (tertiary/aromatic N) is 1. The number of aromatic nitrogens is 1. The van der Waals surface area contributed by atoms with Crippen molar-refractivity contribution in [3.05, 3.63) is 69.6 Å². The Morgan fingerprint density at radius 3 is 2.39 bits per heavy atom. The van der Waals surface area contributed by atoms with E-state index in [-0.39, 0.29) is 17.3 Å². The van der Waals surface area contributed by atoms with Gasteiger partial charge in [0.25, 0.3) is 11.5 Å². The zero-order chi connectivity index (χ0) is 17.0. The third-order valence-corrected chi connectivity index (χ3v) is 3.56. The normalized spacial score (nSPS) is 10.6. The van der Waals surface area contributed by atoms with Crippen molar-refractivity contribution in [3.63, 3.8) is 0 Å². The number of benzene rings is 1. The molecule has 1 heterocycles. The monoisotopic (exact) mass is 312 g/mol. The predicted octanol–water partition coefficient (Wildman–Crippen LogP) is 2.09. The van der Waals surface area contributed by atoms with Crippen LogP contribution < -0.4 is 10.9 Å². The molecule has 0 radical (unpaired) electrons. The second-order valence-corrected chi connectivity index (χ2v) is 5.66. The molecule has 1 aromatic heterocycles. The van der Waals surface area contributed by atoms with Crippen LogP contribution >= 0.6 is 0 Å². The maximum Gasteiger partial charge on any atom is 0.263 e. The molecule has 120 valence electrons. The standard InChI is InChI=1S/C18H20N2O3/c1-12(2)16(21)14-9-15(17(22)19-3)18(23)20(11-14)10-13-7-5-4-6-8-13/h4-9,11-12H,10H2,1-3H3,(H,19,22). The molecule has 0 bridgehead atoms. The molecule has 1 N–H and O–H groups in total. The van der Waals surface area contributed by atoms with Gasteiger partial charge in [0.05, 0.1) is 6.54 Å². The van der Waals surface area contributed by atoms with Crippen LogP contribution in [0, 0.1) is 5.92 Å². The van der Waals surface area contributed by atoms with Crippen LogP contribution in [0.1, 0.15) is 40.1 Å². The summed E-state index contributed by atoms with van der Waals surface area (Å²) in [4.78, 5) is 36.7. The lowest BCUT2D eigenvalue weighted by Crippen LogP contribution is -2.32. The van der Waals surface area contributed by atoms with E-state index in [4.69, 9.17) is 0 Å². The van der Waals surface area contributed by atoms with Gasteiger partial charge in [0.2, 0.25) is 0 Å². The highest BCUT2D eigenvalue weighted by Crippen LogP contribution is 2.10. The lowest BCUT2D eigenvalue weighted by atomic mass is 10.0. The molecule has 0 fully saturated rings. The van der Waals surface area contributed by atoms with Crippen LogP contribution in [0.2, 0.25) is 0 Å². The Bertz CT molecular complexity index is 777. The molecule has 0 atom stereocenters. The van der Waals surface area contributed by atoms with Crippen molar-refractivity contribution in [1.82, 2.24) is 9.88 Å². The van der Waals surface area contributed by atoms with Gasteiger partial charge in [0.1, 0.15) is 5.56 Å². The van der Waals surface area contributed by atoms with Crippen molar-refractivity contribution in [1.29, 1.82) is 0 Å². The van der Waals surface area contributed by atoms with Crippen LogP contribution in [0.4, 0.5) is 0 Å². The Hall–Kier alpha value is -2.69. The number of ketones is 1. The molecule has 23 heavy (non-hydrogen) atoms. The molecule has 0 unspecified atom stereocenters. The molecule has 0 aliphatic heterocycles. The number of nitrogens with one attached hydrogen (secondary N) is 1. The fourth-order valence-electron chi connectivity index (χ4n) is 2.30. The number of pyridine rings is 1. The van der Waals surface area contributed by atoms with E-state index in [0.29, 0.717) is 12.1 Å². The Balaban J connectivity index is 2.55. The zero-order valence-electron chi connectivity index (χ0n) is 13.5. The van der Waals surface area contributed by atoms with E-state index in [9.17, 15) is 14.4 Å². The Morgan fingerprint density at radius 1 is 1.17 bits per heavy atom. The van der Waals surface area contributed by atoms with Gasteiger partial charge in [0.15, 0.2) is 5.78 Å². The Kier molecular flexibility index (Phi) is 5.11. The highest BCUT2D eigenvalue weighted by molar-refractivity contribution is 6.00. The number of Topliss-reactive ketones (excluding diaryl/α,β-unsaturated/α-hetero) is 1. The van der Waals surface area contributed by atoms with Gasteiger partial charge in [-0.2, -0.15) is 0 Å². The summed E-state index contributed by atoms with van der Waals surface area (Å²) < 4.78 is 1.41. The number of amides is 1. The first-order chi connectivity index (χ1) is 10.9. The first-order valence-electron chi connectivity index (χ1n) is 7.48. The molecule has 0 aliphatic rings. The molecule has 0 saturated carbocycles. The molecule has 0 spiro atoms. The van der Waals surface area contributed by atoms with Crippen molar-refractivity contribution in [2.75, 3.05) is 7.05 Å². The summed E-state index contributed by atoms with van der Waals surface area (Å²) in [5.74, 6) is -0.803. The maximum atomic E-state index is 12.5. The van der Waals surface area contributed by atoms with Crippen molar-refractivity contribution in [3.8, 4) is 0 Å². The average molecular weight is 312 g/mol. The number of hydrogen-bond acceptors (Lipinski definition) is 3. The minimum atomic E-state index is -0.491. The summed E-state index contributed by atoms with van der Waals surface area (Å²) in [5.41, 5.74) is 0.865. The van der Waals surface area contributed by atoms with E-state index < -0.39 is 11.5 Å². The van der Waals surface area contributed by atoms with Crippen LogP contribution in [-0.4, -0.2) is 23.3 Å². The molecule has 1 amide bonds. The minimum absolute atomic E-state index is 0.0186. The molecule has 5 heteroatoms. The van der Waals surface area contributed by atoms with Crippen LogP contribution in [0.5, 0.6) is 0 Å². The molecular weight excluding hydrogens is 292 g/mol. The number of hydrogen-bond donors (Lipinski definition) is 1. The quantitative estimate of drug-likeness (QED) is 0.860. The maximum absolute atomic E-state index is 12.5. The first kappa shape index (κ1) is 16.7. The van der Waals surface area contributed by atoms with Crippen molar-refractivity contribution < 1.29 is 9.59 Å². The van der Waals surface area contributed by atoms with E-state index in [2.05, 4.69) is 5.32 Å². The molecular formula is C18H20N2O3. The SMILES string of the molecule is CNC(=O)c1cc(C(=O)C(C)C)cn(Cc2ccccc2)c1=O. The zero-order valence-corrected chi connectivity index (χ0v) is 13.5. The summed E-state index contributed by atoms with van der Waals surface area (Å²) in [5, 5.41) is 2.44. The third kappa shape index (κ3) is 3.74. The molecule has 0 aliphatic carbocycles. The second-order valence-electron chi connectivity index (χ2n) is 5.66. The number of carbonyl (C=O) groups is 2. The Morgan fingerprint density at radius 2 is 1.83 bits per heavy atom. The van der Waals surface area contributed by atoms with Gasteiger partial charge >= 0.3 is 0 Å². The van der Waals surface area contributed by atoms with E-state index in [1.54, 1.807) is 13.8 Å². The van der Waals surface area contributed by atoms with Crippen LogP contribution in [0.3, 0.4) is 0 Å². The minimum Gasteiger partial charge on any atom is -0.355 e. The van der Waals surface area contributed by atoms with Crippen molar-refractivity contribution in [2.45, 2.75) is 20.4 Å². The average Bonchev–Trinajstić information content (AvgIpc) is 2.56. The molecule has 1 aromatic carbocycles. The van der Waals surface area contributed by atoms with E-state index in [1.807, 2.05) is 30.3 Å². The highest BCUT2D eigenvalue weighted by atomic mass is 16.2. The molecule has 0 saturated heterocycles. The fourth-order valence-corrected chi connectivity index (χ4v) is 2.30. The summed E-state index contributed by atoms with van der Waals surface area (Å²) in [7, 11) is 1.46. The van der Waals surface area contributed by atoms with Gasteiger partial charge in [-0.25, -0.2) is 0 Å². The van der Waals surface area contributed by atoms with Crippen LogP contribution in [0.25, 0.3) is 0 Å². The van der Waals surface area contributed by atoms with Gasteiger partial charge in [-0.1, -0.05) is 44.2 Å². The van der Waals surface area contributed by atoms with Crippen molar-refractivity contribution >= 4 is 11.7 Å². The lowest BCUT2D eigenvalue weighted by Gasteiger charge is -2.12. The number of carbonyl (C=O) groups excluding carboxylic acids is 2. The van der Waals surface area contributed by atoms with Crippen LogP contribution in [0.15, 0.2) is 47.4 Å². The van der Waals surface area contributed by atoms with Gasteiger partial charge in [-0.15, -0.1) is 0 Å². The van der Waals surface area contributed by atoms with Gasteiger partial charge in [0, 0.05) is 24.7 Å². The first-order valence-corrected chi connectivity index (χ1v) is 7.48. The molecule has 2 rings (SSSR count). The second kappa shape index (κ2) is 7.05. The topological polar surface area (TPSA) is 68.2 Å². The van der Waals surface area contributed by atoms with Crippen LogP contribution in [-0.2, 0) is 6.54 Å². The Labute approximate surface area is 135 Å². The third-order valence-electron chi connectivity index (χ3n) is 3.56. The lowest BCUT2D eigenvalue weighted by molar-refractivity contribution is 0.0938. The van der Waals surface area contributed by atoms with Crippen molar-refractivity contribution in [2.24, 2.45) is 5.92 Å². The highest BCUT2D eigenvalue weighted by Gasteiger charge is 2.18. The summed E-state index contributed by atoms with van der Waals surface area (Å²) >= 11 is 0.